The summed E-state index contributed by atoms with van der Waals surface area (Å²) in [5, 5.41) is 14.5. The van der Waals surface area contributed by atoms with Gasteiger partial charge in [-0.2, -0.15) is 0 Å². The monoisotopic (exact) mass is 273 g/mol. The molecule has 1 atom stereocenters. The van der Waals surface area contributed by atoms with E-state index in [2.05, 4.69) is 19.9 Å². The molecule has 2 rings (SSSR count). The van der Waals surface area contributed by atoms with E-state index >= 15 is 0 Å². The first-order valence-electron chi connectivity index (χ1n) is 5.59. The Hall–Kier alpha value is -2.25. The molecule has 1 unspecified atom stereocenters. The number of rotatable bonds is 4. The maximum atomic E-state index is 12.8. The Morgan fingerprint density at radius 2 is 2.16 bits per heavy atom. The van der Waals surface area contributed by atoms with Gasteiger partial charge < -0.3 is 25.7 Å². The lowest BCUT2D eigenvalue weighted by Gasteiger charge is -2.16. The molecule has 6 nitrogen and oxygen atoms in total. The van der Waals surface area contributed by atoms with E-state index in [0.29, 0.717) is 12.1 Å². The minimum Gasteiger partial charge on any atom is -0.409 e. The van der Waals surface area contributed by atoms with Crippen molar-refractivity contribution in [2.75, 3.05) is 5.32 Å². The van der Waals surface area contributed by atoms with Crippen molar-refractivity contribution in [1.82, 2.24) is 0 Å². The number of halogens is 2. The van der Waals surface area contributed by atoms with Gasteiger partial charge in [-0.25, -0.2) is 0 Å². The van der Waals surface area contributed by atoms with Crippen molar-refractivity contribution < 1.29 is 23.5 Å². The van der Waals surface area contributed by atoms with Gasteiger partial charge in [0.1, 0.15) is 0 Å². The summed E-state index contributed by atoms with van der Waals surface area (Å²) in [6.07, 6.45) is -3.09. The molecule has 1 aliphatic heterocycles. The van der Waals surface area contributed by atoms with Crippen LogP contribution in [0.3, 0.4) is 0 Å². The van der Waals surface area contributed by atoms with E-state index in [1.807, 2.05) is 6.92 Å². The molecule has 19 heavy (non-hydrogen) atoms. The molecule has 0 radical (unpaired) electrons. The fourth-order valence-corrected chi connectivity index (χ4v) is 1.69. The van der Waals surface area contributed by atoms with Crippen LogP contribution in [0.25, 0.3) is 0 Å². The van der Waals surface area contributed by atoms with Gasteiger partial charge >= 0.3 is 6.29 Å². The van der Waals surface area contributed by atoms with Crippen LogP contribution in [0, 0.1) is 0 Å². The third kappa shape index (κ3) is 2.78. The SMILES string of the molecule is CCC(Nc1ccc2c(c1)OC(F)(F)O2)C(N)=NO. The standard InChI is InChI=1S/C11H13F2N3O3/c1-2-7(10(14)16-17)15-6-3-4-8-9(5-6)19-11(12,13)18-8/h3-5,7,15,17H,2H2,1H3,(H2,14,16). The van der Waals surface area contributed by atoms with Gasteiger partial charge in [-0.1, -0.05) is 12.1 Å². The Kier molecular flexibility index (Phi) is 3.32. The highest BCUT2D eigenvalue weighted by molar-refractivity contribution is 5.87. The molecular weight excluding hydrogens is 260 g/mol. The highest BCUT2D eigenvalue weighted by atomic mass is 19.3. The minimum absolute atomic E-state index is 0.00509. The van der Waals surface area contributed by atoms with Crippen LogP contribution in [-0.4, -0.2) is 23.4 Å². The number of benzene rings is 1. The number of anilines is 1. The van der Waals surface area contributed by atoms with Crippen LogP contribution >= 0.6 is 0 Å². The average molecular weight is 273 g/mol. The summed E-state index contributed by atoms with van der Waals surface area (Å²) in [7, 11) is 0. The largest absolute Gasteiger partial charge is 0.586 e. The predicted octanol–water partition coefficient (Wildman–Crippen LogP) is 1.94. The molecule has 0 saturated heterocycles. The van der Waals surface area contributed by atoms with E-state index in [-0.39, 0.29) is 17.3 Å². The number of nitrogens with one attached hydrogen (secondary N) is 1. The van der Waals surface area contributed by atoms with E-state index in [9.17, 15) is 8.78 Å². The highest BCUT2D eigenvalue weighted by Crippen LogP contribution is 2.42. The van der Waals surface area contributed by atoms with E-state index < -0.39 is 12.3 Å². The number of amidine groups is 1. The van der Waals surface area contributed by atoms with Crippen LogP contribution in [0.5, 0.6) is 11.5 Å². The molecule has 104 valence electrons. The predicted molar refractivity (Wildman–Crippen MR) is 63.8 cm³/mol. The first kappa shape index (κ1) is 13.2. The van der Waals surface area contributed by atoms with Crippen molar-refractivity contribution in [2.24, 2.45) is 10.9 Å². The summed E-state index contributed by atoms with van der Waals surface area (Å²) in [5.41, 5.74) is 5.99. The number of hydrogen-bond acceptors (Lipinski definition) is 5. The molecule has 8 heteroatoms. The molecule has 4 N–H and O–H groups in total. The number of nitrogens with two attached hydrogens (primary N) is 1. The second-order valence-electron chi connectivity index (χ2n) is 3.96. The van der Waals surface area contributed by atoms with Crippen LogP contribution in [0.1, 0.15) is 13.3 Å². The lowest BCUT2D eigenvalue weighted by molar-refractivity contribution is -0.286. The van der Waals surface area contributed by atoms with Crippen molar-refractivity contribution in [3.05, 3.63) is 18.2 Å². The molecule has 0 saturated carbocycles. The van der Waals surface area contributed by atoms with Gasteiger partial charge in [0.15, 0.2) is 17.3 Å². The Morgan fingerprint density at radius 1 is 1.47 bits per heavy atom. The summed E-state index contributed by atoms with van der Waals surface area (Å²) in [6, 6.07) is 3.85. The maximum Gasteiger partial charge on any atom is 0.586 e. The summed E-state index contributed by atoms with van der Waals surface area (Å²) in [4.78, 5) is 0. The molecule has 0 spiro atoms. The number of hydrogen-bond donors (Lipinski definition) is 3. The van der Waals surface area contributed by atoms with Crippen molar-refractivity contribution in [2.45, 2.75) is 25.7 Å². The maximum absolute atomic E-state index is 12.8. The van der Waals surface area contributed by atoms with Gasteiger partial charge in [-0.15, -0.1) is 8.78 Å². The Balaban J connectivity index is 2.16. The summed E-state index contributed by atoms with van der Waals surface area (Å²) < 4.78 is 34.3. The smallest absolute Gasteiger partial charge is 0.409 e. The lowest BCUT2D eigenvalue weighted by atomic mass is 10.2. The van der Waals surface area contributed by atoms with Crippen LogP contribution in [0.15, 0.2) is 23.4 Å². The Labute approximate surface area is 107 Å². The summed E-state index contributed by atoms with van der Waals surface area (Å²) in [6.45, 7) is 1.83. The van der Waals surface area contributed by atoms with Crippen molar-refractivity contribution in [3.8, 4) is 11.5 Å². The fraction of sp³-hybridized carbons (Fsp3) is 0.364. The Bertz CT molecular complexity index is 508. The average Bonchev–Trinajstić information content (AvgIpc) is 2.68. The third-order valence-corrected chi connectivity index (χ3v) is 2.62. The first-order valence-corrected chi connectivity index (χ1v) is 5.59. The lowest BCUT2D eigenvalue weighted by Crippen LogP contribution is -2.35. The second-order valence-corrected chi connectivity index (χ2v) is 3.96. The van der Waals surface area contributed by atoms with Gasteiger partial charge in [-0.05, 0) is 18.6 Å². The second kappa shape index (κ2) is 4.79. The number of ether oxygens (including phenoxy) is 2. The zero-order chi connectivity index (χ0) is 14.0. The molecule has 0 amide bonds. The molecule has 1 heterocycles. The molecule has 0 aromatic heterocycles. The van der Waals surface area contributed by atoms with E-state index in [1.54, 1.807) is 0 Å². The van der Waals surface area contributed by atoms with E-state index in [4.69, 9.17) is 10.9 Å². The van der Waals surface area contributed by atoms with Crippen molar-refractivity contribution in [3.63, 3.8) is 0 Å². The Morgan fingerprint density at radius 3 is 2.79 bits per heavy atom. The molecule has 1 aromatic carbocycles. The third-order valence-electron chi connectivity index (χ3n) is 2.62. The van der Waals surface area contributed by atoms with E-state index in [0.717, 1.165) is 0 Å². The molecule has 0 fully saturated rings. The first-order chi connectivity index (χ1) is 8.95. The van der Waals surface area contributed by atoms with Gasteiger partial charge in [0.25, 0.3) is 0 Å². The minimum atomic E-state index is -3.64. The number of oxime groups is 1. The topological polar surface area (TPSA) is 89.1 Å². The molecule has 1 aromatic rings. The fourth-order valence-electron chi connectivity index (χ4n) is 1.69. The van der Waals surface area contributed by atoms with Crippen LogP contribution in [0.4, 0.5) is 14.5 Å². The molecule has 0 bridgehead atoms. The zero-order valence-electron chi connectivity index (χ0n) is 10.1. The zero-order valence-corrected chi connectivity index (χ0v) is 10.1. The molecule has 0 aliphatic carbocycles. The van der Waals surface area contributed by atoms with Crippen molar-refractivity contribution in [1.29, 1.82) is 0 Å². The summed E-state index contributed by atoms with van der Waals surface area (Å²) >= 11 is 0. The summed E-state index contributed by atoms with van der Waals surface area (Å²) in [5.74, 6) is -0.0951. The quantitative estimate of drug-likeness (QED) is 0.337. The molecular formula is C11H13F2N3O3. The van der Waals surface area contributed by atoms with Gasteiger partial charge in [0.2, 0.25) is 0 Å². The van der Waals surface area contributed by atoms with Crippen LogP contribution in [0.2, 0.25) is 0 Å². The highest BCUT2D eigenvalue weighted by Gasteiger charge is 2.43. The van der Waals surface area contributed by atoms with Crippen LogP contribution < -0.4 is 20.5 Å². The number of alkyl halides is 2. The van der Waals surface area contributed by atoms with Gasteiger partial charge in [-0.3, -0.25) is 0 Å². The van der Waals surface area contributed by atoms with Crippen LogP contribution in [-0.2, 0) is 0 Å². The normalized spacial score (nSPS) is 18.2. The number of fused-ring (bicyclic) bond motifs is 1. The van der Waals surface area contributed by atoms with Gasteiger partial charge in [0, 0.05) is 11.8 Å². The van der Waals surface area contributed by atoms with E-state index in [1.165, 1.54) is 18.2 Å². The van der Waals surface area contributed by atoms with Gasteiger partial charge in [0.05, 0.1) is 6.04 Å². The molecule has 1 aliphatic rings. The van der Waals surface area contributed by atoms with Crippen molar-refractivity contribution >= 4 is 11.5 Å². The number of nitrogens with zero attached hydrogens (tertiary/aromatic N) is 1.